The van der Waals surface area contributed by atoms with E-state index in [1.165, 1.54) is 4.90 Å². The SMILES string of the molecule is CCCCNC(=O)C1C(=O)Nc2ccccc2N1C(=O)CCc1ccccc1. The molecule has 3 amide bonds. The van der Waals surface area contributed by atoms with Gasteiger partial charge in [-0.05, 0) is 30.5 Å². The molecule has 0 radical (unpaired) electrons. The smallest absolute Gasteiger partial charge is 0.257 e. The van der Waals surface area contributed by atoms with Gasteiger partial charge in [-0.15, -0.1) is 0 Å². The average Bonchev–Trinajstić information content (AvgIpc) is 2.71. The Morgan fingerprint density at radius 2 is 1.79 bits per heavy atom. The summed E-state index contributed by atoms with van der Waals surface area (Å²) >= 11 is 0. The molecule has 6 heteroatoms. The molecule has 0 bridgehead atoms. The van der Waals surface area contributed by atoms with Crippen LogP contribution in [0.4, 0.5) is 11.4 Å². The second-order valence-electron chi connectivity index (χ2n) is 6.80. The first-order chi connectivity index (χ1) is 13.6. The largest absolute Gasteiger partial charge is 0.354 e. The van der Waals surface area contributed by atoms with E-state index < -0.39 is 17.9 Å². The van der Waals surface area contributed by atoms with Crippen molar-refractivity contribution >= 4 is 29.1 Å². The van der Waals surface area contributed by atoms with Gasteiger partial charge in [-0.3, -0.25) is 19.3 Å². The van der Waals surface area contributed by atoms with Crippen LogP contribution in [0.25, 0.3) is 0 Å². The van der Waals surface area contributed by atoms with E-state index in [2.05, 4.69) is 10.6 Å². The number of nitrogens with one attached hydrogen (secondary N) is 2. The highest BCUT2D eigenvalue weighted by Gasteiger charge is 2.41. The number of benzene rings is 2. The molecule has 2 aromatic carbocycles. The fourth-order valence-electron chi connectivity index (χ4n) is 3.26. The molecule has 28 heavy (non-hydrogen) atoms. The first-order valence-electron chi connectivity index (χ1n) is 9.65. The molecule has 2 aromatic rings. The van der Waals surface area contributed by atoms with E-state index in [0.717, 1.165) is 18.4 Å². The van der Waals surface area contributed by atoms with Crippen molar-refractivity contribution in [3.05, 3.63) is 60.2 Å². The van der Waals surface area contributed by atoms with Gasteiger partial charge in [0.1, 0.15) is 0 Å². The Kier molecular flexibility index (Phi) is 6.42. The zero-order valence-electron chi connectivity index (χ0n) is 16.0. The Hall–Kier alpha value is -3.15. The number of carbonyl (C=O) groups excluding carboxylic acids is 3. The molecule has 0 fully saturated rings. The van der Waals surface area contributed by atoms with Gasteiger partial charge < -0.3 is 10.6 Å². The topological polar surface area (TPSA) is 78.5 Å². The Bertz CT molecular complexity index is 851. The van der Waals surface area contributed by atoms with E-state index in [4.69, 9.17) is 0 Å². The molecule has 146 valence electrons. The predicted molar refractivity (Wildman–Crippen MR) is 109 cm³/mol. The van der Waals surface area contributed by atoms with Gasteiger partial charge in [0.25, 0.3) is 11.8 Å². The summed E-state index contributed by atoms with van der Waals surface area (Å²) in [5.74, 6) is -1.18. The van der Waals surface area contributed by atoms with Crippen molar-refractivity contribution in [3.63, 3.8) is 0 Å². The third-order valence-electron chi connectivity index (χ3n) is 4.74. The number of hydrogen-bond donors (Lipinski definition) is 2. The first kappa shape index (κ1) is 19.6. The summed E-state index contributed by atoms with van der Waals surface area (Å²) in [6.07, 6.45) is 2.51. The van der Waals surface area contributed by atoms with E-state index in [0.29, 0.717) is 24.3 Å². The number of rotatable bonds is 7. The fraction of sp³-hybridized carbons (Fsp3) is 0.318. The lowest BCUT2D eigenvalue weighted by atomic mass is 10.0. The molecule has 1 atom stereocenters. The van der Waals surface area contributed by atoms with E-state index in [1.807, 2.05) is 37.3 Å². The summed E-state index contributed by atoms with van der Waals surface area (Å²) in [7, 11) is 0. The molecule has 1 unspecified atom stereocenters. The minimum atomic E-state index is -1.20. The molecular weight excluding hydrogens is 354 g/mol. The number of anilines is 2. The van der Waals surface area contributed by atoms with Crippen molar-refractivity contribution in [3.8, 4) is 0 Å². The lowest BCUT2D eigenvalue weighted by Crippen LogP contribution is -2.58. The second-order valence-corrected chi connectivity index (χ2v) is 6.80. The van der Waals surface area contributed by atoms with Crippen LogP contribution in [0, 0.1) is 0 Å². The summed E-state index contributed by atoms with van der Waals surface area (Å²) in [6, 6.07) is 15.5. The number of para-hydroxylation sites is 2. The number of fused-ring (bicyclic) bond motifs is 1. The highest BCUT2D eigenvalue weighted by atomic mass is 16.2. The van der Waals surface area contributed by atoms with Crippen molar-refractivity contribution in [2.45, 2.75) is 38.6 Å². The summed E-state index contributed by atoms with van der Waals surface area (Å²) < 4.78 is 0. The molecule has 2 N–H and O–H groups in total. The van der Waals surface area contributed by atoms with Gasteiger partial charge in [-0.1, -0.05) is 55.8 Å². The maximum atomic E-state index is 13.1. The van der Waals surface area contributed by atoms with Crippen LogP contribution in [-0.2, 0) is 20.8 Å². The molecule has 1 aliphatic rings. The maximum absolute atomic E-state index is 13.1. The monoisotopic (exact) mass is 379 g/mol. The van der Waals surface area contributed by atoms with Crippen LogP contribution in [0.3, 0.4) is 0 Å². The van der Waals surface area contributed by atoms with Crippen molar-refractivity contribution in [2.24, 2.45) is 0 Å². The average molecular weight is 379 g/mol. The normalized spacial score (nSPS) is 15.5. The fourth-order valence-corrected chi connectivity index (χ4v) is 3.26. The predicted octanol–water partition coefficient (Wildman–Crippen LogP) is 2.89. The van der Waals surface area contributed by atoms with Crippen LogP contribution >= 0.6 is 0 Å². The molecule has 1 heterocycles. The number of aryl methyl sites for hydroxylation is 1. The number of unbranched alkanes of at least 4 members (excludes halogenated alkanes) is 1. The number of carbonyl (C=O) groups is 3. The third kappa shape index (κ3) is 4.39. The molecule has 6 nitrogen and oxygen atoms in total. The van der Waals surface area contributed by atoms with Gasteiger partial charge >= 0.3 is 0 Å². The molecule has 1 aliphatic heterocycles. The molecule has 3 rings (SSSR count). The van der Waals surface area contributed by atoms with Gasteiger partial charge in [-0.25, -0.2) is 0 Å². The number of hydrogen-bond acceptors (Lipinski definition) is 3. The van der Waals surface area contributed by atoms with Gasteiger partial charge in [0, 0.05) is 13.0 Å². The molecule has 0 aliphatic carbocycles. The summed E-state index contributed by atoms with van der Waals surface area (Å²) in [5.41, 5.74) is 2.13. The number of nitrogens with zero attached hydrogens (tertiary/aromatic N) is 1. The van der Waals surface area contributed by atoms with Crippen LogP contribution in [-0.4, -0.2) is 30.3 Å². The van der Waals surface area contributed by atoms with Crippen LogP contribution in [0.5, 0.6) is 0 Å². The molecule has 0 spiro atoms. The minimum absolute atomic E-state index is 0.213. The zero-order valence-corrected chi connectivity index (χ0v) is 16.0. The Morgan fingerprint density at radius 1 is 1.07 bits per heavy atom. The second kappa shape index (κ2) is 9.17. The highest BCUT2D eigenvalue weighted by Crippen LogP contribution is 2.32. The Balaban J connectivity index is 1.84. The highest BCUT2D eigenvalue weighted by molar-refractivity contribution is 6.21. The Labute approximate surface area is 164 Å². The first-order valence-corrected chi connectivity index (χ1v) is 9.65. The van der Waals surface area contributed by atoms with Gasteiger partial charge in [0.15, 0.2) is 6.04 Å². The van der Waals surface area contributed by atoms with Crippen molar-refractivity contribution in [2.75, 3.05) is 16.8 Å². The summed E-state index contributed by atoms with van der Waals surface area (Å²) in [6.45, 7) is 2.50. The van der Waals surface area contributed by atoms with Gasteiger partial charge in [0.05, 0.1) is 11.4 Å². The molecular formula is C22H25N3O3. The lowest BCUT2D eigenvalue weighted by molar-refractivity contribution is -0.132. The zero-order chi connectivity index (χ0) is 19.9. The molecule has 0 saturated heterocycles. The summed E-state index contributed by atoms with van der Waals surface area (Å²) in [4.78, 5) is 39.8. The van der Waals surface area contributed by atoms with Crippen LogP contribution in [0.1, 0.15) is 31.7 Å². The number of amides is 3. The lowest BCUT2D eigenvalue weighted by Gasteiger charge is -2.35. The van der Waals surface area contributed by atoms with E-state index >= 15 is 0 Å². The molecule has 0 aromatic heterocycles. The Morgan fingerprint density at radius 3 is 2.54 bits per heavy atom. The van der Waals surface area contributed by atoms with Crippen LogP contribution in [0.2, 0.25) is 0 Å². The van der Waals surface area contributed by atoms with Crippen molar-refractivity contribution in [1.29, 1.82) is 0 Å². The van der Waals surface area contributed by atoms with Crippen molar-refractivity contribution in [1.82, 2.24) is 5.32 Å². The van der Waals surface area contributed by atoms with Gasteiger partial charge in [0.2, 0.25) is 5.91 Å². The van der Waals surface area contributed by atoms with Crippen molar-refractivity contribution < 1.29 is 14.4 Å². The van der Waals surface area contributed by atoms with E-state index in [9.17, 15) is 14.4 Å². The van der Waals surface area contributed by atoms with Gasteiger partial charge in [-0.2, -0.15) is 0 Å². The minimum Gasteiger partial charge on any atom is -0.354 e. The quantitative estimate of drug-likeness (QED) is 0.574. The van der Waals surface area contributed by atoms with Crippen LogP contribution in [0.15, 0.2) is 54.6 Å². The standard InChI is InChI=1S/C22H25N3O3/c1-2-3-15-23-21(27)20-22(28)24-17-11-7-8-12-18(17)25(20)19(26)14-13-16-9-5-4-6-10-16/h4-12,20H,2-3,13-15H2,1H3,(H,23,27)(H,24,28). The maximum Gasteiger partial charge on any atom is 0.257 e. The van der Waals surface area contributed by atoms with E-state index in [-0.39, 0.29) is 12.3 Å². The van der Waals surface area contributed by atoms with E-state index in [1.54, 1.807) is 24.3 Å². The third-order valence-corrected chi connectivity index (χ3v) is 4.74. The molecule has 0 saturated carbocycles. The summed E-state index contributed by atoms with van der Waals surface area (Å²) in [5, 5.41) is 5.53. The van der Waals surface area contributed by atoms with Crippen LogP contribution < -0.4 is 15.5 Å².